The Labute approximate surface area is 122 Å². The summed E-state index contributed by atoms with van der Waals surface area (Å²) >= 11 is 7.75. The van der Waals surface area contributed by atoms with E-state index in [4.69, 9.17) is 11.6 Å². The van der Waals surface area contributed by atoms with Crippen LogP contribution in [0.3, 0.4) is 0 Å². The minimum atomic E-state index is -3.53. The van der Waals surface area contributed by atoms with Gasteiger partial charge in [0.1, 0.15) is 10.7 Å². The third-order valence-electron chi connectivity index (χ3n) is 2.89. The number of pyridine rings is 1. The molecule has 1 aromatic rings. The van der Waals surface area contributed by atoms with Crippen LogP contribution in [0.25, 0.3) is 0 Å². The summed E-state index contributed by atoms with van der Waals surface area (Å²) in [7, 11) is -1.85. The summed E-state index contributed by atoms with van der Waals surface area (Å²) in [6, 6.07) is 1.41. The van der Waals surface area contributed by atoms with Gasteiger partial charge in [0.15, 0.2) is 0 Å². The molecule has 0 amide bonds. The molecule has 0 bridgehead atoms. The van der Waals surface area contributed by atoms with Crippen molar-refractivity contribution in [2.24, 2.45) is 0 Å². The Balaban J connectivity index is 2.08. The van der Waals surface area contributed by atoms with Crippen LogP contribution in [-0.4, -0.2) is 38.0 Å². The van der Waals surface area contributed by atoms with Crippen molar-refractivity contribution < 1.29 is 8.42 Å². The molecule has 1 aromatic heterocycles. The van der Waals surface area contributed by atoms with Crippen LogP contribution in [0, 0.1) is 0 Å². The molecule has 5 nitrogen and oxygen atoms in total. The Kier molecular flexibility index (Phi) is 4.94. The van der Waals surface area contributed by atoms with Crippen LogP contribution in [0.4, 0.5) is 5.82 Å². The van der Waals surface area contributed by atoms with Gasteiger partial charge in [0.05, 0.1) is 5.02 Å². The van der Waals surface area contributed by atoms with E-state index in [-0.39, 0.29) is 4.90 Å². The van der Waals surface area contributed by atoms with Crippen molar-refractivity contribution in [1.29, 1.82) is 0 Å². The fourth-order valence-electron chi connectivity index (χ4n) is 1.84. The van der Waals surface area contributed by atoms with Crippen LogP contribution in [0.2, 0.25) is 5.02 Å². The van der Waals surface area contributed by atoms with Crippen molar-refractivity contribution in [1.82, 2.24) is 9.71 Å². The van der Waals surface area contributed by atoms with E-state index in [1.165, 1.54) is 12.3 Å². The zero-order valence-corrected chi connectivity index (χ0v) is 12.9. The zero-order valence-electron chi connectivity index (χ0n) is 10.5. The van der Waals surface area contributed by atoms with Crippen molar-refractivity contribution >= 4 is 39.2 Å². The summed E-state index contributed by atoms with van der Waals surface area (Å²) < 4.78 is 26.8. The summed E-state index contributed by atoms with van der Waals surface area (Å²) in [5.41, 5.74) is 0. The Morgan fingerprint density at radius 2 is 2.37 bits per heavy atom. The monoisotopic (exact) mass is 321 g/mol. The van der Waals surface area contributed by atoms with Crippen molar-refractivity contribution in [2.75, 3.05) is 24.7 Å². The maximum Gasteiger partial charge on any atom is 0.242 e. The number of rotatable bonds is 5. The molecule has 2 N–H and O–H groups in total. The highest BCUT2D eigenvalue weighted by atomic mass is 35.5. The van der Waals surface area contributed by atoms with Gasteiger partial charge in [-0.15, -0.1) is 0 Å². The molecule has 2 rings (SSSR count). The number of nitrogens with one attached hydrogen (secondary N) is 2. The number of anilines is 1. The Morgan fingerprint density at radius 1 is 1.58 bits per heavy atom. The average Bonchev–Trinajstić information content (AvgIpc) is 2.89. The second kappa shape index (κ2) is 6.30. The molecule has 0 aromatic carbocycles. The second-order valence-corrected chi connectivity index (χ2v) is 7.82. The lowest BCUT2D eigenvalue weighted by atomic mass is 10.2. The molecule has 0 spiro atoms. The highest BCUT2D eigenvalue weighted by molar-refractivity contribution is 8.00. The maximum absolute atomic E-state index is 12.1. The molecule has 2 heterocycles. The van der Waals surface area contributed by atoms with Gasteiger partial charge in [0, 0.05) is 25.0 Å². The second-order valence-electron chi connectivity index (χ2n) is 4.24. The number of halogens is 1. The molecule has 1 aliphatic rings. The van der Waals surface area contributed by atoms with Crippen LogP contribution >= 0.6 is 23.4 Å². The van der Waals surface area contributed by atoms with Crippen LogP contribution in [0.5, 0.6) is 0 Å². The van der Waals surface area contributed by atoms with Gasteiger partial charge < -0.3 is 5.32 Å². The minimum Gasteiger partial charge on any atom is -0.372 e. The molecular weight excluding hydrogens is 306 g/mol. The largest absolute Gasteiger partial charge is 0.372 e. The van der Waals surface area contributed by atoms with E-state index in [1.54, 1.807) is 7.05 Å². The number of aromatic nitrogens is 1. The van der Waals surface area contributed by atoms with Crippen molar-refractivity contribution in [2.45, 2.75) is 23.0 Å². The Hall–Kier alpha value is -0.500. The highest BCUT2D eigenvalue weighted by Crippen LogP contribution is 2.26. The number of hydrogen-bond donors (Lipinski definition) is 2. The van der Waals surface area contributed by atoms with E-state index < -0.39 is 10.0 Å². The van der Waals surface area contributed by atoms with Gasteiger partial charge in [-0.1, -0.05) is 11.6 Å². The van der Waals surface area contributed by atoms with Crippen LogP contribution in [-0.2, 0) is 10.0 Å². The fraction of sp³-hybridized carbons (Fsp3) is 0.545. The average molecular weight is 322 g/mol. The predicted octanol–water partition coefficient (Wildman–Crippen LogP) is 1.95. The number of sulfonamides is 1. The summed E-state index contributed by atoms with van der Waals surface area (Å²) in [5.74, 6) is 1.57. The van der Waals surface area contributed by atoms with E-state index in [1.807, 2.05) is 11.8 Å². The lowest BCUT2D eigenvalue weighted by molar-refractivity contribution is 0.578. The summed E-state index contributed by atoms with van der Waals surface area (Å²) in [6.45, 7) is 0.457. The van der Waals surface area contributed by atoms with Gasteiger partial charge in [0.25, 0.3) is 0 Å². The van der Waals surface area contributed by atoms with Gasteiger partial charge >= 0.3 is 0 Å². The van der Waals surface area contributed by atoms with Gasteiger partial charge in [-0.25, -0.2) is 18.1 Å². The topological polar surface area (TPSA) is 71.1 Å². The minimum absolute atomic E-state index is 0.0968. The van der Waals surface area contributed by atoms with E-state index >= 15 is 0 Å². The van der Waals surface area contributed by atoms with E-state index in [9.17, 15) is 8.42 Å². The third kappa shape index (κ3) is 3.75. The normalized spacial score (nSPS) is 19.6. The molecule has 1 unspecified atom stereocenters. The molecule has 19 heavy (non-hydrogen) atoms. The molecule has 1 saturated heterocycles. The maximum atomic E-state index is 12.1. The molecule has 1 aliphatic heterocycles. The van der Waals surface area contributed by atoms with Gasteiger partial charge in [-0.2, -0.15) is 11.8 Å². The van der Waals surface area contributed by atoms with Gasteiger partial charge in [0.2, 0.25) is 10.0 Å². The molecular formula is C11H16ClN3O2S2. The molecule has 8 heteroatoms. The SMILES string of the molecule is CNc1ncc(S(=O)(=O)NCC2CCCS2)cc1Cl. The molecule has 0 aliphatic carbocycles. The zero-order chi connectivity index (χ0) is 13.9. The number of thioether (sulfide) groups is 1. The van der Waals surface area contributed by atoms with Crippen LogP contribution < -0.4 is 10.0 Å². The summed E-state index contributed by atoms with van der Waals surface area (Å²) in [4.78, 5) is 4.07. The lowest BCUT2D eigenvalue weighted by Crippen LogP contribution is -2.30. The van der Waals surface area contributed by atoms with Gasteiger partial charge in [-0.3, -0.25) is 0 Å². The molecule has 1 fully saturated rings. The first-order valence-electron chi connectivity index (χ1n) is 5.97. The smallest absolute Gasteiger partial charge is 0.242 e. The first kappa shape index (κ1) is 14.9. The number of nitrogens with zero attached hydrogens (tertiary/aromatic N) is 1. The third-order valence-corrected chi connectivity index (χ3v) is 5.97. The first-order chi connectivity index (χ1) is 9.03. The number of hydrogen-bond acceptors (Lipinski definition) is 5. The standard InChI is InChI=1S/C11H16ClN3O2S2/c1-13-11-10(12)5-9(7-14-11)19(16,17)15-6-8-3-2-4-18-8/h5,7-8,15H,2-4,6H2,1H3,(H,13,14). The molecule has 1 atom stereocenters. The fourth-order valence-corrected chi connectivity index (χ4v) is 4.53. The summed E-state index contributed by atoms with van der Waals surface area (Å²) in [5, 5.41) is 3.45. The van der Waals surface area contributed by atoms with E-state index in [2.05, 4.69) is 15.0 Å². The Morgan fingerprint density at radius 3 is 2.95 bits per heavy atom. The molecule has 0 saturated carbocycles. The summed E-state index contributed by atoms with van der Waals surface area (Å²) in [6.07, 6.45) is 3.52. The first-order valence-corrected chi connectivity index (χ1v) is 8.88. The quantitative estimate of drug-likeness (QED) is 0.867. The van der Waals surface area contributed by atoms with Crippen molar-refractivity contribution in [3.05, 3.63) is 17.3 Å². The van der Waals surface area contributed by atoms with Crippen molar-refractivity contribution in [3.63, 3.8) is 0 Å². The van der Waals surface area contributed by atoms with Crippen LogP contribution in [0.15, 0.2) is 17.2 Å². The lowest BCUT2D eigenvalue weighted by Gasteiger charge is -2.11. The molecule has 0 radical (unpaired) electrons. The predicted molar refractivity (Wildman–Crippen MR) is 79.5 cm³/mol. The van der Waals surface area contributed by atoms with Gasteiger partial charge in [-0.05, 0) is 24.7 Å². The molecule has 106 valence electrons. The van der Waals surface area contributed by atoms with Crippen LogP contribution in [0.1, 0.15) is 12.8 Å². The van der Waals surface area contributed by atoms with E-state index in [0.29, 0.717) is 22.6 Å². The Bertz CT molecular complexity index is 545. The highest BCUT2D eigenvalue weighted by Gasteiger charge is 2.21. The van der Waals surface area contributed by atoms with E-state index in [0.717, 1.165) is 18.6 Å². The van der Waals surface area contributed by atoms with Crippen molar-refractivity contribution in [3.8, 4) is 0 Å².